The van der Waals surface area contributed by atoms with Gasteiger partial charge in [-0.15, -0.1) is 0 Å². The summed E-state index contributed by atoms with van der Waals surface area (Å²) >= 11 is 5.49. The third-order valence-electron chi connectivity index (χ3n) is 0.994. The second kappa shape index (κ2) is 4.73. The van der Waals surface area contributed by atoms with E-state index < -0.39 is 5.91 Å². The zero-order valence-electron chi connectivity index (χ0n) is 6.27. The van der Waals surface area contributed by atoms with Gasteiger partial charge in [0.05, 0.1) is 13.3 Å². The standard InChI is InChI=1S/C6H9ClN2O2/c1-9-6(10)5(7)4(3-8)11-2/h3,8H,1-2H3,(H,9,10)/b5-4-,8-3?. The minimum Gasteiger partial charge on any atom is -0.493 e. The Morgan fingerprint density at radius 2 is 2.27 bits per heavy atom. The predicted octanol–water partition coefficient (Wildman–Crippen LogP) is 0.479. The lowest BCUT2D eigenvalue weighted by Crippen LogP contribution is -2.19. The van der Waals surface area contributed by atoms with Crippen LogP contribution in [0.15, 0.2) is 10.8 Å². The zero-order valence-corrected chi connectivity index (χ0v) is 7.03. The first-order chi connectivity index (χ1) is 5.17. The van der Waals surface area contributed by atoms with Crippen molar-refractivity contribution in [1.29, 1.82) is 5.41 Å². The molecule has 0 bridgehead atoms. The summed E-state index contributed by atoms with van der Waals surface area (Å²) in [5.41, 5.74) is 0. The van der Waals surface area contributed by atoms with Crippen molar-refractivity contribution in [3.05, 3.63) is 10.8 Å². The third kappa shape index (κ3) is 2.59. The van der Waals surface area contributed by atoms with Crippen molar-refractivity contribution in [2.45, 2.75) is 0 Å². The van der Waals surface area contributed by atoms with E-state index in [0.29, 0.717) is 0 Å². The van der Waals surface area contributed by atoms with Gasteiger partial charge >= 0.3 is 0 Å². The zero-order chi connectivity index (χ0) is 8.85. The largest absolute Gasteiger partial charge is 0.493 e. The maximum atomic E-state index is 10.8. The van der Waals surface area contributed by atoms with E-state index in [1.54, 1.807) is 0 Å². The summed E-state index contributed by atoms with van der Waals surface area (Å²) in [6, 6.07) is 0. The van der Waals surface area contributed by atoms with Crippen LogP contribution < -0.4 is 5.32 Å². The molecule has 0 radical (unpaired) electrons. The molecule has 0 aromatic rings. The molecule has 0 saturated carbocycles. The van der Waals surface area contributed by atoms with Crippen molar-refractivity contribution in [3.8, 4) is 0 Å². The monoisotopic (exact) mass is 176 g/mol. The SMILES string of the molecule is CNC(=O)/C(Cl)=C(\C=N)OC. The van der Waals surface area contributed by atoms with E-state index in [0.717, 1.165) is 6.21 Å². The second-order valence-corrected chi connectivity index (χ2v) is 1.98. The van der Waals surface area contributed by atoms with Gasteiger partial charge < -0.3 is 15.5 Å². The lowest BCUT2D eigenvalue weighted by atomic mass is 10.4. The molecule has 0 aliphatic heterocycles. The summed E-state index contributed by atoms with van der Waals surface area (Å²) in [6.07, 6.45) is 0.873. The Morgan fingerprint density at radius 1 is 1.73 bits per heavy atom. The molecule has 0 rings (SSSR count). The Balaban J connectivity index is 4.60. The highest BCUT2D eigenvalue weighted by atomic mass is 35.5. The predicted molar refractivity (Wildman–Crippen MR) is 42.7 cm³/mol. The van der Waals surface area contributed by atoms with E-state index in [1.807, 2.05) is 0 Å². The highest BCUT2D eigenvalue weighted by Crippen LogP contribution is 2.07. The summed E-state index contributed by atoms with van der Waals surface area (Å²) in [5.74, 6) is -0.418. The fraction of sp³-hybridized carbons (Fsp3) is 0.333. The quantitative estimate of drug-likeness (QED) is 0.373. The summed E-state index contributed by atoms with van der Waals surface area (Å²) < 4.78 is 4.63. The Hall–Kier alpha value is -1.03. The maximum absolute atomic E-state index is 10.8. The Labute approximate surface area is 69.7 Å². The lowest BCUT2D eigenvalue weighted by molar-refractivity contribution is -0.116. The van der Waals surface area contributed by atoms with E-state index in [9.17, 15) is 4.79 Å². The molecule has 0 aromatic heterocycles. The van der Waals surface area contributed by atoms with Crippen LogP contribution in [0.5, 0.6) is 0 Å². The maximum Gasteiger partial charge on any atom is 0.266 e. The number of halogens is 1. The molecule has 0 unspecified atom stereocenters. The van der Waals surface area contributed by atoms with Gasteiger partial charge in [-0.3, -0.25) is 4.79 Å². The fourth-order valence-corrected chi connectivity index (χ4v) is 0.660. The summed E-state index contributed by atoms with van der Waals surface area (Å²) in [5, 5.41) is 8.97. The number of amides is 1. The van der Waals surface area contributed by atoms with Gasteiger partial charge in [-0.05, 0) is 0 Å². The van der Waals surface area contributed by atoms with Crippen molar-refractivity contribution in [1.82, 2.24) is 5.32 Å². The molecule has 11 heavy (non-hydrogen) atoms. The number of hydrogen-bond donors (Lipinski definition) is 2. The van der Waals surface area contributed by atoms with Crippen LogP contribution in [-0.4, -0.2) is 26.3 Å². The minimum absolute atomic E-state index is 0.0472. The molecule has 2 N–H and O–H groups in total. The normalized spacial score (nSPS) is 11.5. The molecular formula is C6H9ClN2O2. The molecule has 0 fully saturated rings. The lowest BCUT2D eigenvalue weighted by Gasteiger charge is -2.01. The van der Waals surface area contributed by atoms with E-state index >= 15 is 0 Å². The number of hydrogen-bond acceptors (Lipinski definition) is 3. The Kier molecular flexibility index (Phi) is 4.29. The van der Waals surface area contributed by atoms with Gasteiger partial charge in [-0.25, -0.2) is 0 Å². The van der Waals surface area contributed by atoms with E-state index in [2.05, 4.69) is 10.1 Å². The Bertz CT molecular complexity index is 201. The number of ether oxygens (including phenoxy) is 1. The average Bonchev–Trinajstić information content (AvgIpc) is 2.05. The number of nitrogens with one attached hydrogen (secondary N) is 2. The van der Waals surface area contributed by atoms with Crippen LogP contribution in [0.1, 0.15) is 0 Å². The summed E-state index contributed by atoms with van der Waals surface area (Å²) in [4.78, 5) is 10.8. The van der Waals surface area contributed by atoms with Crippen LogP contribution in [0, 0.1) is 5.41 Å². The van der Waals surface area contributed by atoms with Crippen LogP contribution in [-0.2, 0) is 9.53 Å². The van der Waals surface area contributed by atoms with Crippen molar-refractivity contribution in [3.63, 3.8) is 0 Å². The highest BCUT2D eigenvalue weighted by molar-refractivity contribution is 6.43. The molecule has 4 nitrogen and oxygen atoms in total. The van der Waals surface area contributed by atoms with Crippen LogP contribution in [0.2, 0.25) is 0 Å². The van der Waals surface area contributed by atoms with E-state index in [-0.39, 0.29) is 10.8 Å². The van der Waals surface area contributed by atoms with Gasteiger partial charge in [0.2, 0.25) is 0 Å². The molecule has 62 valence electrons. The van der Waals surface area contributed by atoms with Gasteiger partial charge in [0.25, 0.3) is 5.91 Å². The van der Waals surface area contributed by atoms with Crippen molar-refractivity contribution in [2.75, 3.05) is 14.2 Å². The molecule has 0 aliphatic rings. The van der Waals surface area contributed by atoms with Crippen molar-refractivity contribution >= 4 is 23.7 Å². The van der Waals surface area contributed by atoms with Crippen LogP contribution in [0.3, 0.4) is 0 Å². The van der Waals surface area contributed by atoms with Gasteiger partial charge in [0, 0.05) is 7.05 Å². The molecule has 0 spiro atoms. The third-order valence-corrected chi connectivity index (χ3v) is 1.35. The molecule has 0 aromatic carbocycles. The molecule has 0 aliphatic carbocycles. The highest BCUT2D eigenvalue weighted by Gasteiger charge is 2.09. The van der Waals surface area contributed by atoms with Crippen LogP contribution in [0.4, 0.5) is 0 Å². The van der Waals surface area contributed by atoms with Gasteiger partial charge in [0.15, 0.2) is 5.76 Å². The second-order valence-electron chi connectivity index (χ2n) is 1.61. The van der Waals surface area contributed by atoms with Gasteiger partial charge in [-0.2, -0.15) is 0 Å². The average molecular weight is 177 g/mol. The van der Waals surface area contributed by atoms with E-state index in [1.165, 1.54) is 14.2 Å². The number of carbonyl (C=O) groups excluding carboxylic acids is 1. The molecule has 0 atom stereocenters. The first-order valence-corrected chi connectivity index (χ1v) is 3.21. The van der Waals surface area contributed by atoms with Gasteiger partial charge in [0.1, 0.15) is 5.03 Å². The molecular weight excluding hydrogens is 168 g/mol. The Morgan fingerprint density at radius 3 is 2.55 bits per heavy atom. The van der Waals surface area contributed by atoms with E-state index in [4.69, 9.17) is 17.0 Å². The summed E-state index contributed by atoms with van der Waals surface area (Å²) in [7, 11) is 2.79. The number of likely N-dealkylation sites (N-methyl/N-ethyl adjacent to an activating group) is 1. The fourth-order valence-electron chi connectivity index (χ4n) is 0.434. The molecule has 1 amide bonds. The number of carbonyl (C=O) groups is 1. The smallest absolute Gasteiger partial charge is 0.266 e. The number of rotatable bonds is 3. The van der Waals surface area contributed by atoms with Crippen LogP contribution >= 0.6 is 11.6 Å². The first kappa shape index (κ1) is 9.97. The number of methoxy groups -OCH3 is 1. The van der Waals surface area contributed by atoms with Gasteiger partial charge in [-0.1, -0.05) is 11.6 Å². The minimum atomic E-state index is -0.466. The first-order valence-electron chi connectivity index (χ1n) is 2.83. The van der Waals surface area contributed by atoms with Crippen molar-refractivity contribution in [2.24, 2.45) is 0 Å². The molecule has 0 heterocycles. The molecule has 5 heteroatoms. The van der Waals surface area contributed by atoms with Crippen molar-refractivity contribution < 1.29 is 9.53 Å². The molecule has 0 saturated heterocycles. The summed E-state index contributed by atoms with van der Waals surface area (Å²) in [6.45, 7) is 0. The topological polar surface area (TPSA) is 62.2 Å². The number of allylic oxidation sites excluding steroid dienone is 1. The van der Waals surface area contributed by atoms with Crippen LogP contribution in [0.25, 0.3) is 0 Å².